The van der Waals surface area contributed by atoms with Gasteiger partial charge in [-0.2, -0.15) is 0 Å². The van der Waals surface area contributed by atoms with Crippen LogP contribution >= 0.6 is 0 Å². The third-order valence-corrected chi connectivity index (χ3v) is 1.68. The second-order valence-electron chi connectivity index (χ2n) is 2.95. The van der Waals surface area contributed by atoms with E-state index in [1.54, 1.807) is 6.92 Å². The first-order valence-electron chi connectivity index (χ1n) is 4.23. The van der Waals surface area contributed by atoms with Gasteiger partial charge in [-0.3, -0.25) is 4.79 Å². The molecule has 1 aromatic rings. The van der Waals surface area contributed by atoms with Crippen molar-refractivity contribution in [1.82, 2.24) is 0 Å². The van der Waals surface area contributed by atoms with Crippen molar-refractivity contribution >= 4 is 5.78 Å². The molecule has 0 spiro atoms. The molecule has 0 unspecified atom stereocenters. The molecule has 0 saturated carbocycles. The van der Waals surface area contributed by atoms with Gasteiger partial charge in [0.25, 0.3) is 0 Å². The van der Waals surface area contributed by atoms with Gasteiger partial charge >= 0.3 is 0 Å². The first-order valence-corrected chi connectivity index (χ1v) is 4.23. The number of carbonyl (C=O) groups excluding carboxylic acids is 1. The molecule has 1 rings (SSSR count). The molecule has 0 aliphatic carbocycles. The van der Waals surface area contributed by atoms with E-state index in [0.29, 0.717) is 6.42 Å². The maximum atomic E-state index is 10.8. The van der Waals surface area contributed by atoms with Gasteiger partial charge in [0, 0.05) is 12.0 Å². The molecule has 0 saturated heterocycles. The smallest absolute Gasteiger partial charge is 0.134 e. The topological polar surface area (TPSA) is 17.1 Å². The van der Waals surface area contributed by atoms with E-state index < -0.39 is 0 Å². The van der Waals surface area contributed by atoms with Crippen molar-refractivity contribution in [3.8, 4) is 11.8 Å². The van der Waals surface area contributed by atoms with Crippen molar-refractivity contribution in [3.63, 3.8) is 0 Å². The summed E-state index contributed by atoms with van der Waals surface area (Å²) >= 11 is 0. The summed E-state index contributed by atoms with van der Waals surface area (Å²) in [5, 5.41) is 0. The van der Waals surface area contributed by atoms with Crippen molar-refractivity contribution in [3.05, 3.63) is 35.4 Å². The standard InChI is InChI=1S/C12H12O/c1-3-4-11-5-7-12(8-6-11)9-10(2)13/h5-8H,9H2,1-2H3. The van der Waals surface area contributed by atoms with E-state index in [1.165, 1.54) is 0 Å². The fourth-order valence-electron chi connectivity index (χ4n) is 1.14. The van der Waals surface area contributed by atoms with Crippen LogP contribution in [0.25, 0.3) is 0 Å². The van der Waals surface area contributed by atoms with Gasteiger partial charge < -0.3 is 0 Å². The summed E-state index contributed by atoms with van der Waals surface area (Å²) in [7, 11) is 0. The van der Waals surface area contributed by atoms with Crippen molar-refractivity contribution in [2.75, 3.05) is 0 Å². The third-order valence-electron chi connectivity index (χ3n) is 1.68. The van der Waals surface area contributed by atoms with Crippen LogP contribution in [-0.4, -0.2) is 5.78 Å². The van der Waals surface area contributed by atoms with Crippen LogP contribution in [0.1, 0.15) is 25.0 Å². The molecule has 1 nitrogen and oxygen atoms in total. The Morgan fingerprint density at radius 2 is 1.92 bits per heavy atom. The Morgan fingerprint density at radius 1 is 1.31 bits per heavy atom. The Hall–Kier alpha value is -1.55. The van der Waals surface area contributed by atoms with Crippen LogP contribution in [0.2, 0.25) is 0 Å². The Bertz CT molecular complexity index is 349. The summed E-state index contributed by atoms with van der Waals surface area (Å²) in [4.78, 5) is 10.8. The van der Waals surface area contributed by atoms with Crippen LogP contribution in [-0.2, 0) is 11.2 Å². The van der Waals surface area contributed by atoms with Gasteiger partial charge in [0.05, 0.1) is 0 Å². The predicted octanol–water partition coefficient (Wildman–Crippen LogP) is 2.19. The highest BCUT2D eigenvalue weighted by atomic mass is 16.1. The van der Waals surface area contributed by atoms with E-state index in [1.807, 2.05) is 31.2 Å². The minimum Gasteiger partial charge on any atom is -0.300 e. The molecule has 0 fully saturated rings. The molecule has 13 heavy (non-hydrogen) atoms. The number of rotatable bonds is 2. The first-order chi connectivity index (χ1) is 6.22. The fourth-order valence-corrected chi connectivity index (χ4v) is 1.14. The molecular formula is C12H12O. The molecule has 0 aromatic heterocycles. The van der Waals surface area contributed by atoms with Gasteiger partial charge in [0.1, 0.15) is 5.78 Å². The van der Waals surface area contributed by atoms with Crippen LogP contribution in [0.4, 0.5) is 0 Å². The van der Waals surface area contributed by atoms with Gasteiger partial charge in [-0.25, -0.2) is 0 Å². The van der Waals surface area contributed by atoms with E-state index in [2.05, 4.69) is 11.8 Å². The lowest BCUT2D eigenvalue weighted by Crippen LogP contribution is -1.95. The highest BCUT2D eigenvalue weighted by Crippen LogP contribution is 2.04. The van der Waals surface area contributed by atoms with E-state index in [4.69, 9.17) is 0 Å². The Labute approximate surface area is 78.8 Å². The summed E-state index contributed by atoms with van der Waals surface area (Å²) in [6.07, 6.45) is 0.514. The van der Waals surface area contributed by atoms with E-state index in [0.717, 1.165) is 11.1 Å². The number of hydrogen-bond donors (Lipinski definition) is 0. The molecule has 66 valence electrons. The average molecular weight is 172 g/mol. The summed E-state index contributed by atoms with van der Waals surface area (Å²) in [5.74, 6) is 5.97. The Morgan fingerprint density at radius 3 is 2.38 bits per heavy atom. The SMILES string of the molecule is CC#Cc1ccc(CC(C)=O)cc1. The predicted molar refractivity (Wildman–Crippen MR) is 53.4 cm³/mol. The second-order valence-corrected chi connectivity index (χ2v) is 2.95. The molecule has 0 aliphatic rings. The average Bonchev–Trinajstić information content (AvgIpc) is 2.08. The molecule has 0 atom stereocenters. The highest BCUT2D eigenvalue weighted by molar-refractivity contribution is 5.78. The quantitative estimate of drug-likeness (QED) is 0.625. The number of hydrogen-bond acceptors (Lipinski definition) is 1. The van der Waals surface area contributed by atoms with Gasteiger partial charge in [0.2, 0.25) is 0 Å². The van der Waals surface area contributed by atoms with Gasteiger partial charge in [-0.1, -0.05) is 18.1 Å². The minimum absolute atomic E-state index is 0.189. The van der Waals surface area contributed by atoms with Crippen LogP contribution < -0.4 is 0 Å². The summed E-state index contributed by atoms with van der Waals surface area (Å²) in [6.45, 7) is 3.41. The minimum atomic E-state index is 0.189. The van der Waals surface area contributed by atoms with Crippen molar-refractivity contribution in [1.29, 1.82) is 0 Å². The van der Waals surface area contributed by atoms with Crippen LogP contribution in [0.15, 0.2) is 24.3 Å². The molecule has 0 radical (unpaired) electrons. The summed E-state index contributed by atoms with van der Waals surface area (Å²) in [5.41, 5.74) is 2.05. The maximum absolute atomic E-state index is 10.8. The van der Waals surface area contributed by atoms with Crippen molar-refractivity contribution in [2.24, 2.45) is 0 Å². The Balaban J connectivity index is 2.79. The second kappa shape index (κ2) is 4.47. The monoisotopic (exact) mass is 172 g/mol. The van der Waals surface area contributed by atoms with Gasteiger partial charge in [-0.05, 0) is 31.5 Å². The Kier molecular flexibility index (Phi) is 3.28. The van der Waals surface area contributed by atoms with Crippen LogP contribution in [0.5, 0.6) is 0 Å². The largest absolute Gasteiger partial charge is 0.300 e. The fraction of sp³-hybridized carbons (Fsp3) is 0.250. The maximum Gasteiger partial charge on any atom is 0.134 e. The zero-order valence-corrected chi connectivity index (χ0v) is 7.92. The van der Waals surface area contributed by atoms with Crippen molar-refractivity contribution in [2.45, 2.75) is 20.3 Å². The van der Waals surface area contributed by atoms with Gasteiger partial charge in [0.15, 0.2) is 0 Å². The molecule has 0 amide bonds. The van der Waals surface area contributed by atoms with E-state index >= 15 is 0 Å². The number of Topliss-reactive ketones (excluding diaryl/α,β-unsaturated/α-hetero) is 1. The van der Waals surface area contributed by atoms with E-state index in [9.17, 15) is 4.79 Å². The van der Waals surface area contributed by atoms with Crippen LogP contribution in [0.3, 0.4) is 0 Å². The summed E-state index contributed by atoms with van der Waals surface area (Å²) in [6, 6.07) is 7.77. The molecule has 0 aliphatic heterocycles. The van der Waals surface area contributed by atoms with Gasteiger partial charge in [-0.15, -0.1) is 5.92 Å². The van der Waals surface area contributed by atoms with Crippen molar-refractivity contribution < 1.29 is 4.79 Å². The molecule has 1 heteroatoms. The van der Waals surface area contributed by atoms with E-state index in [-0.39, 0.29) is 5.78 Å². The summed E-state index contributed by atoms with van der Waals surface area (Å²) < 4.78 is 0. The lowest BCUT2D eigenvalue weighted by atomic mass is 10.1. The number of carbonyl (C=O) groups is 1. The first kappa shape index (κ1) is 9.54. The third kappa shape index (κ3) is 3.13. The normalized spacial score (nSPS) is 8.77. The number of benzene rings is 1. The zero-order chi connectivity index (χ0) is 9.68. The highest BCUT2D eigenvalue weighted by Gasteiger charge is 1.96. The lowest BCUT2D eigenvalue weighted by molar-refractivity contribution is -0.116. The molecule has 0 N–H and O–H groups in total. The lowest BCUT2D eigenvalue weighted by Gasteiger charge is -1.96. The molecule has 0 bridgehead atoms. The molecule has 1 aromatic carbocycles. The number of ketones is 1. The van der Waals surface area contributed by atoms with Crippen LogP contribution in [0, 0.1) is 11.8 Å². The molecule has 0 heterocycles. The molecular weight excluding hydrogens is 160 g/mol. The zero-order valence-electron chi connectivity index (χ0n) is 7.92.